The summed E-state index contributed by atoms with van der Waals surface area (Å²) in [6, 6.07) is 10.1. The summed E-state index contributed by atoms with van der Waals surface area (Å²) in [7, 11) is 0. The number of Topliss-reactive ketones (excluding diaryl/α,β-unsaturated/α-hetero) is 1. The first kappa shape index (κ1) is 15.4. The van der Waals surface area contributed by atoms with E-state index in [-0.39, 0.29) is 11.5 Å². The molecule has 25 heavy (non-hydrogen) atoms. The smallest absolute Gasteiger partial charge is 0.353 e. The second-order valence-corrected chi connectivity index (χ2v) is 6.38. The van der Waals surface area contributed by atoms with E-state index in [2.05, 4.69) is 0 Å². The van der Waals surface area contributed by atoms with Crippen LogP contribution in [0.1, 0.15) is 31.4 Å². The van der Waals surface area contributed by atoms with Gasteiger partial charge in [-0.3, -0.25) is 4.79 Å². The van der Waals surface area contributed by atoms with Crippen molar-refractivity contribution in [1.82, 2.24) is 0 Å². The molecule has 1 aliphatic heterocycles. The average Bonchev–Trinajstić information content (AvgIpc) is 3.31. The van der Waals surface area contributed by atoms with Crippen LogP contribution in [0.5, 0.6) is 11.5 Å². The lowest BCUT2D eigenvalue weighted by atomic mass is 10.0. The summed E-state index contributed by atoms with van der Waals surface area (Å²) >= 11 is 1.30. The molecule has 0 radical (unpaired) electrons. The van der Waals surface area contributed by atoms with Gasteiger partial charge < -0.3 is 13.9 Å². The van der Waals surface area contributed by atoms with Crippen LogP contribution in [0, 0.1) is 6.92 Å². The second kappa shape index (κ2) is 6.07. The van der Waals surface area contributed by atoms with Gasteiger partial charge >= 0.3 is 5.97 Å². The minimum absolute atomic E-state index is 0.176. The highest BCUT2D eigenvalue weighted by Gasteiger charge is 2.30. The van der Waals surface area contributed by atoms with Gasteiger partial charge in [-0.2, -0.15) is 0 Å². The number of esters is 1. The molecule has 0 spiro atoms. The Bertz CT molecular complexity index is 981. The molecule has 0 fully saturated rings. The van der Waals surface area contributed by atoms with Gasteiger partial charge in [-0.05, 0) is 42.1 Å². The monoisotopic (exact) mass is 352 g/mol. The fourth-order valence-electron chi connectivity index (χ4n) is 2.59. The van der Waals surface area contributed by atoms with Crippen LogP contribution in [0.2, 0.25) is 0 Å². The highest BCUT2D eigenvalue weighted by molar-refractivity contribution is 7.12. The molecule has 3 heterocycles. The number of ether oxygens (including phenoxy) is 2. The van der Waals surface area contributed by atoms with Gasteiger partial charge in [0.2, 0.25) is 5.78 Å². The largest absolute Gasteiger partial charge is 0.465 e. The number of thiophene rings is 1. The Kier molecular flexibility index (Phi) is 3.74. The van der Waals surface area contributed by atoms with Crippen LogP contribution in [0.3, 0.4) is 0 Å². The maximum atomic E-state index is 12.5. The molecule has 4 rings (SSSR count). The number of carbonyl (C=O) groups excluding carboxylic acids is 2. The standard InChI is InChI=1S/C19H12O5S/c1-11-8-13(23-19(21)16-5-3-7-25-16)10-14-17(11)18(20)15(24-14)9-12-4-2-6-22-12/h2-10H,1H3/b15-9-. The number of benzene rings is 1. The summed E-state index contributed by atoms with van der Waals surface area (Å²) in [4.78, 5) is 25.1. The van der Waals surface area contributed by atoms with E-state index >= 15 is 0 Å². The minimum atomic E-state index is -0.440. The fraction of sp³-hybridized carbons (Fsp3) is 0.0526. The van der Waals surface area contributed by atoms with E-state index in [1.807, 2.05) is 0 Å². The summed E-state index contributed by atoms with van der Waals surface area (Å²) in [5.41, 5.74) is 1.15. The number of hydrogen-bond donors (Lipinski definition) is 0. The molecule has 5 nitrogen and oxygen atoms in total. The Balaban J connectivity index is 1.63. The topological polar surface area (TPSA) is 65.7 Å². The van der Waals surface area contributed by atoms with Crippen LogP contribution >= 0.6 is 11.3 Å². The molecule has 2 aromatic heterocycles. The van der Waals surface area contributed by atoms with E-state index < -0.39 is 5.97 Å². The van der Waals surface area contributed by atoms with Gasteiger partial charge in [-0.1, -0.05) is 6.07 Å². The Morgan fingerprint density at radius 2 is 2.12 bits per heavy atom. The maximum Gasteiger partial charge on any atom is 0.353 e. The lowest BCUT2D eigenvalue weighted by Crippen LogP contribution is -2.06. The number of ketones is 1. The number of fused-ring (bicyclic) bond motifs is 1. The Morgan fingerprint density at radius 3 is 2.84 bits per heavy atom. The Morgan fingerprint density at radius 1 is 1.24 bits per heavy atom. The van der Waals surface area contributed by atoms with E-state index in [4.69, 9.17) is 13.9 Å². The first-order valence-electron chi connectivity index (χ1n) is 7.50. The van der Waals surface area contributed by atoms with Gasteiger partial charge in [0.15, 0.2) is 5.76 Å². The van der Waals surface area contributed by atoms with Gasteiger partial charge in [-0.15, -0.1) is 11.3 Å². The summed E-state index contributed by atoms with van der Waals surface area (Å²) in [6.45, 7) is 1.78. The molecule has 0 saturated carbocycles. The summed E-state index contributed by atoms with van der Waals surface area (Å²) in [5, 5.41) is 1.80. The van der Waals surface area contributed by atoms with Crippen molar-refractivity contribution < 1.29 is 23.5 Å². The molecule has 0 amide bonds. The molecule has 0 atom stereocenters. The molecule has 3 aromatic rings. The fourth-order valence-corrected chi connectivity index (χ4v) is 3.19. The molecule has 124 valence electrons. The zero-order chi connectivity index (χ0) is 17.4. The van der Waals surface area contributed by atoms with Crippen molar-refractivity contribution in [3.63, 3.8) is 0 Å². The molecule has 0 bridgehead atoms. The normalized spacial score (nSPS) is 14.4. The van der Waals surface area contributed by atoms with Crippen LogP contribution in [-0.4, -0.2) is 11.8 Å². The van der Waals surface area contributed by atoms with Crippen LogP contribution in [0.4, 0.5) is 0 Å². The molecule has 0 aliphatic carbocycles. The second-order valence-electron chi connectivity index (χ2n) is 5.44. The van der Waals surface area contributed by atoms with Gasteiger partial charge in [0.25, 0.3) is 0 Å². The zero-order valence-corrected chi connectivity index (χ0v) is 14.0. The third-order valence-electron chi connectivity index (χ3n) is 3.69. The van der Waals surface area contributed by atoms with Gasteiger partial charge in [0.1, 0.15) is 22.1 Å². The van der Waals surface area contributed by atoms with Gasteiger partial charge in [-0.25, -0.2) is 4.79 Å². The number of carbonyl (C=O) groups is 2. The number of allylic oxidation sites excluding steroid dienone is 1. The molecule has 1 aromatic carbocycles. The van der Waals surface area contributed by atoms with E-state index in [1.165, 1.54) is 17.6 Å². The van der Waals surface area contributed by atoms with E-state index in [0.717, 1.165) is 0 Å². The maximum absolute atomic E-state index is 12.5. The summed E-state index contributed by atoms with van der Waals surface area (Å²) in [6.07, 6.45) is 3.06. The molecule has 6 heteroatoms. The molecule has 0 saturated heterocycles. The third kappa shape index (κ3) is 2.88. The van der Waals surface area contributed by atoms with E-state index in [0.29, 0.717) is 33.3 Å². The number of furan rings is 1. The molecule has 0 N–H and O–H groups in total. The van der Waals surface area contributed by atoms with Crippen LogP contribution in [0.25, 0.3) is 6.08 Å². The van der Waals surface area contributed by atoms with Crippen molar-refractivity contribution in [1.29, 1.82) is 0 Å². The lowest BCUT2D eigenvalue weighted by molar-refractivity contribution is 0.0739. The van der Waals surface area contributed by atoms with Crippen LogP contribution in [0.15, 0.2) is 58.2 Å². The predicted molar refractivity (Wildman–Crippen MR) is 92.1 cm³/mol. The van der Waals surface area contributed by atoms with Crippen molar-refractivity contribution >= 4 is 29.2 Å². The molecule has 0 unspecified atom stereocenters. The Labute approximate surface area is 147 Å². The summed E-state index contributed by atoms with van der Waals surface area (Å²) in [5.74, 6) is 0.747. The zero-order valence-electron chi connectivity index (χ0n) is 13.1. The van der Waals surface area contributed by atoms with E-state index in [1.54, 1.807) is 54.8 Å². The quantitative estimate of drug-likeness (QED) is 0.395. The number of aryl methyl sites for hydroxylation is 1. The number of hydrogen-bond acceptors (Lipinski definition) is 6. The summed E-state index contributed by atoms with van der Waals surface area (Å²) < 4.78 is 16.2. The first-order chi connectivity index (χ1) is 12.1. The third-order valence-corrected chi connectivity index (χ3v) is 4.54. The predicted octanol–water partition coefficient (Wildman–Crippen LogP) is 4.48. The van der Waals surface area contributed by atoms with Crippen molar-refractivity contribution in [2.45, 2.75) is 6.92 Å². The highest BCUT2D eigenvalue weighted by atomic mass is 32.1. The average molecular weight is 352 g/mol. The number of rotatable bonds is 3. The SMILES string of the molecule is Cc1cc(OC(=O)c2cccs2)cc2c1C(=O)/C(=C/c1ccco1)O2. The van der Waals surface area contributed by atoms with Crippen molar-refractivity contribution in [2.24, 2.45) is 0 Å². The molecular formula is C19H12O5S. The minimum Gasteiger partial charge on any atom is -0.465 e. The van der Waals surface area contributed by atoms with Gasteiger partial charge in [0, 0.05) is 12.1 Å². The molecule has 1 aliphatic rings. The van der Waals surface area contributed by atoms with Crippen molar-refractivity contribution in [2.75, 3.05) is 0 Å². The molecular weight excluding hydrogens is 340 g/mol. The van der Waals surface area contributed by atoms with Gasteiger partial charge in [0.05, 0.1) is 11.8 Å². The Hall–Kier alpha value is -3.12. The van der Waals surface area contributed by atoms with E-state index in [9.17, 15) is 9.59 Å². The van der Waals surface area contributed by atoms with Crippen molar-refractivity contribution in [3.05, 3.63) is 75.6 Å². The highest BCUT2D eigenvalue weighted by Crippen LogP contribution is 2.37. The van der Waals surface area contributed by atoms with Crippen molar-refractivity contribution in [3.8, 4) is 11.5 Å². The van der Waals surface area contributed by atoms with Crippen LogP contribution < -0.4 is 9.47 Å². The lowest BCUT2D eigenvalue weighted by Gasteiger charge is -2.06. The van der Waals surface area contributed by atoms with Crippen LogP contribution in [-0.2, 0) is 0 Å². The first-order valence-corrected chi connectivity index (χ1v) is 8.38.